The summed E-state index contributed by atoms with van der Waals surface area (Å²) in [4.78, 5) is 37.9. The number of aliphatic hydroxyl groups is 4. The zero-order valence-electron chi connectivity index (χ0n) is 22.2. The van der Waals surface area contributed by atoms with Crippen LogP contribution in [0.2, 0.25) is 0 Å². The van der Waals surface area contributed by atoms with Crippen LogP contribution in [0.15, 0.2) is 0 Å². The van der Waals surface area contributed by atoms with E-state index in [-0.39, 0.29) is 42.6 Å². The van der Waals surface area contributed by atoms with E-state index in [4.69, 9.17) is 26.6 Å². The molecular formula is C24H42ClN3O8. The van der Waals surface area contributed by atoms with Crippen molar-refractivity contribution in [3.05, 3.63) is 27.8 Å². The molecule has 7 N–H and O–H groups in total. The van der Waals surface area contributed by atoms with Gasteiger partial charge in [-0.15, -0.1) is 0 Å². The van der Waals surface area contributed by atoms with Gasteiger partial charge in [-0.25, -0.2) is 0 Å². The Kier molecular flexibility index (Phi) is 19.8. The summed E-state index contributed by atoms with van der Waals surface area (Å²) in [5.41, 5.74) is 1.48. The van der Waals surface area contributed by atoms with Crippen LogP contribution in [-0.2, 0) is 9.53 Å². The second-order valence-corrected chi connectivity index (χ2v) is 7.32. The van der Waals surface area contributed by atoms with Crippen LogP contribution in [0.25, 0.3) is 0 Å². The Balaban J connectivity index is 0. The van der Waals surface area contributed by atoms with Crippen LogP contribution in [0.3, 0.4) is 0 Å². The zero-order valence-corrected chi connectivity index (χ0v) is 23.0. The highest BCUT2D eigenvalue weighted by molar-refractivity contribution is 6.17. The van der Waals surface area contributed by atoms with Gasteiger partial charge in [-0.3, -0.25) is 14.4 Å². The van der Waals surface area contributed by atoms with Gasteiger partial charge < -0.3 is 41.1 Å². The second kappa shape index (κ2) is 19.9. The number of alkyl halides is 1. The molecule has 0 bridgehead atoms. The Morgan fingerprint density at radius 2 is 1.19 bits per heavy atom. The van der Waals surface area contributed by atoms with E-state index in [1.165, 1.54) is 0 Å². The fourth-order valence-electron chi connectivity index (χ4n) is 3.12. The third-order valence-electron chi connectivity index (χ3n) is 4.70. The second-order valence-electron chi connectivity index (χ2n) is 7.10. The van der Waals surface area contributed by atoms with E-state index in [1.54, 1.807) is 20.8 Å². The van der Waals surface area contributed by atoms with Crippen molar-refractivity contribution < 1.29 is 39.5 Å². The van der Waals surface area contributed by atoms with E-state index in [9.17, 15) is 24.6 Å². The number of hydrogen-bond donors (Lipinski definition) is 7. The normalized spacial score (nSPS) is 11.7. The minimum absolute atomic E-state index is 0.0992. The van der Waals surface area contributed by atoms with Gasteiger partial charge >= 0.3 is 0 Å². The maximum atomic E-state index is 12.9. The Bertz CT molecular complexity index is 783. The van der Waals surface area contributed by atoms with Crippen LogP contribution in [-0.4, -0.2) is 89.3 Å². The summed E-state index contributed by atoms with van der Waals surface area (Å²) in [6.07, 6.45) is -2.33. The van der Waals surface area contributed by atoms with Crippen molar-refractivity contribution in [2.75, 3.05) is 44.3 Å². The highest BCUT2D eigenvalue weighted by Crippen LogP contribution is 2.31. The molecule has 1 aromatic rings. The molecule has 1 rings (SSSR count). The molecule has 0 fully saturated rings. The monoisotopic (exact) mass is 535 g/mol. The van der Waals surface area contributed by atoms with Crippen molar-refractivity contribution in [2.24, 2.45) is 0 Å². The zero-order chi connectivity index (χ0) is 28.4. The lowest BCUT2D eigenvalue weighted by Gasteiger charge is -2.22. The number of carbonyl (C=O) groups is 3. The molecule has 0 saturated heterocycles. The molecule has 0 spiro atoms. The highest BCUT2D eigenvalue weighted by atomic mass is 35.5. The lowest BCUT2D eigenvalue weighted by atomic mass is 9.90. The first-order chi connectivity index (χ1) is 17.1. The molecule has 0 radical (unpaired) electrons. The third kappa shape index (κ3) is 11.2. The summed E-state index contributed by atoms with van der Waals surface area (Å²) in [6, 6.07) is -0.193. The average Bonchev–Trinajstić information content (AvgIpc) is 2.89. The molecule has 1 aromatic carbocycles. The van der Waals surface area contributed by atoms with Crippen LogP contribution >= 0.6 is 11.6 Å². The Morgan fingerprint density at radius 3 is 1.53 bits per heavy atom. The third-order valence-corrected chi connectivity index (χ3v) is 4.85. The van der Waals surface area contributed by atoms with Crippen molar-refractivity contribution in [2.45, 2.75) is 60.7 Å². The molecule has 36 heavy (non-hydrogen) atoms. The number of ether oxygens (including phenoxy) is 1. The van der Waals surface area contributed by atoms with E-state index in [1.807, 2.05) is 27.7 Å². The van der Waals surface area contributed by atoms with Gasteiger partial charge in [0.25, 0.3) is 11.8 Å². The summed E-state index contributed by atoms with van der Waals surface area (Å²) in [6.45, 7) is 10.8. The molecular weight excluding hydrogens is 494 g/mol. The molecule has 3 amide bonds. The van der Waals surface area contributed by atoms with Gasteiger partial charge in [0.2, 0.25) is 5.91 Å². The minimum atomic E-state index is -1.17. The van der Waals surface area contributed by atoms with Gasteiger partial charge in [0, 0.05) is 29.9 Å². The molecule has 11 nitrogen and oxygen atoms in total. The van der Waals surface area contributed by atoms with Crippen molar-refractivity contribution >= 4 is 35.0 Å². The minimum Gasteiger partial charge on any atom is -0.394 e. The number of benzene rings is 1. The summed E-state index contributed by atoms with van der Waals surface area (Å²) in [5, 5.41) is 44.6. The predicted molar refractivity (Wildman–Crippen MR) is 140 cm³/mol. The maximum absolute atomic E-state index is 12.9. The molecule has 0 aliphatic carbocycles. The summed E-state index contributed by atoms with van der Waals surface area (Å²) >= 11 is 5.43. The maximum Gasteiger partial charge on any atom is 0.252 e. The van der Waals surface area contributed by atoms with Crippen LogP contribution < -0.4 is 16.0 Å². The first-order valence-corrected chi connectivity index (χ1v) is 12.3. The van der Waals surface area contributed by atoms with Crippen molar-refractivity contribution in [1.82, 2.24) is 10.6 Å². The quantitative estimate of drug-likeness (QED) is 0.194. The standard InChI is InChI=1S/C20H30ClN3O8.2C2H6/c1-10-16(19(30)22-4-13(27)6-25)11(2)18(24-15(29)8-32-9-21)12(3)17(10)20(31)23-5-14(28)7-26;2*1-2/h13-14,25-28H,4-9H2,1-3H3,(H,22,30)(H,23,31)(H,24,29);2*1-2H3. The van der Waals surface area contributed by atoms with Crippen LogP contribution in [0.1, 0.15) is 65.1 Å². The van der Waals surface area contributed by atoms with Crippen LogP contribution in [0, 0.1) is 20.8 Å². The van der Waals surface area contributed by atoms with E-state index in [0.29, 0.717) is 16.7 Å². The molecule has 0 heterocycles. The SMILES string of the molecule is CC.CC.Cc1c(NC(=O)COCCl)c(C)c(C(=O)NCC(O)CO)c(C)c1C(=O)NCC(O)CO. The molecule has 0 aliphatic heterocycles. The van der Waals surface area contributed by atoms with Gasteiger partial charge in [-0.05, 0) is 37.5 Å². The topological polar surface area (TPSA) is 177 Å². The first-order valence-electron chi connectivity index (χ1n) is 11.8. The van der Waals surface area contributed by atoms with Crippen molar-refractivity contribution in [3.63, 3.8) is 0 Å². The highest BCUT2D eigenvalue weighted by Gasteiger charge is 2.26. The molecule has 0 saturated carbocycles. The van der Waals surface area contributed by atoms with Crippen LogP contribution in [0.5, 0.6) is 0 Å². The Morgan fingerprint density at radius 1 is 0.806 bits per heavy atom. The van der Waals surface area contributed by atoms with Gasteiger partial charge in [-0.1, -0.05) is 39.3 Å². The van der Waals surface area contributed by atoms with Gasteiger partial charge in [0.1, 0.15) is 12.7 Å². The van der Waals surface area contributed by atoms with Gasteiger partial charge in [0.15, 0.2) is 0 Å². The smallest absolute Gasteiger partial charge is 0.252 e. The number of amides is 3. The molecule has 0 aromatic heterocycles. The molecule has 2 unspecified atom stereocenters. The molecule has 2 atom stereocenters. The number of aliphatic hydroxyl groups excluding tert-OH is 4. The van der Waals surface area contributed by atoms with E-state index < -0.39 is 43.1 Å². The number of rotatable bonds is 12. The number of nitrogens with one attached hydrogen (secondary N) is 3. The Labute approximate surface area is 218 Å². The Hall–Kier alpha value is -2.28. The summed E-state index contributed by atoms with van der Waals surface area (Å²) < 4.78 is 4.87. The summed E-state index contributed by atoms with van der Waals surface area (Å²) in [5.74, 6) is -1.79. The molecule has 0 aliphatic rings. The lowest BCUT2D eigenvalue weighted by Crippen LogP contribution is -2.37. The van der Waals surface area contributed by atoms with Crippen LogP contribution in [0.4, 0.5) is 5.69 Å². The largest absolute Gasteiger partial charge is 0.394 e. The van der Waals surface area contributed by atoms with E-state index >= 15 is 0 Å². The lowest BCUT2D eigenvalue weighted by molar-refractivity contribution is -0.119. The number of halogens is 1. The number of carbonyl (C=O) groups excluding carboxylic acids is 3. The summed E-state index contributed by atoms with van der Waals surface area (Å²) in [7, 11) is 0. The fraction of sp³-hybridized carbons (Fsp3) is 0.625. The molecule has 208 valence electrons. The fourth-order valence-corrected chi connectivity index (χ4v) is 3.20. The van der Waals surface area contributed by atoms with Crippen molar-refractivity contribution in [3.8, 4) is 0 Å². The van der Waals surface area contributed by atoms with Gasteiger partial charge in [0.05, 0.1) is 25.4 Å². The van der Waals surface area contributed by atoms with E-state index in [2.05, 4.69) is 16.0 Å². The number of hydrogen-bond acceptors (Lipinski definition) is 8. The van der Waals surface area contributed by atoms with Crippen molar-refractivity contribution in [1.29, 1.82) is 0 Å². The number of anilines is 1. The average molecular weight is 536 g/mol. The first kappa shape index (κ1) is 35.9. The molecule has 12 heteroatoms. The predicted octanol–water partition coefficient (Wildman–Crippen LogP) is 0.982. The van der Waals surface area contributed by atoms with Gasteiger partial charge in [-0.2, -0.15) is 0 Å². The van der Waals surface area contributed by atoms with E-state index in [0.717, 1.165) is 0 Å².